The van der Waals surface area contributed by atoms with Crippen molar-refractivity contribution in [2.45, 2.75) is 53.0 Å². The van der Waals surface area contributed by atoms with E-state index >= 15 is 0 Å². The number of benzene rings is 1. The van der Waals surface area contributed by atoms with Crippen LogP contribution in [0.1, 0.15) is 44.2 Å². The fourth-order valence-electron chi connectivity index (χ4n) is 5.66. The number of hydrogen-bond acceptors (Lipinski definition) is 5. The summed E-state index contributed by atoms with van der Waals surface area (Å²) in [6.07, 6.45) is 2.90. The highest BCUT2D eigenvalue weighted by Crippen LogP contribution is 2.56. The molecule has 0 spiro atoms. The van der Waals surface area contributed by atoms with Gasteiger partial charge in [-0.25, -0.2) is 4.79 Å². The maximum Gasteiger partial charge on any atom is 0.330 e. The first-order valence-electron chi connectivity index (χ1n) is 11.1. The van der Waals surface area contributed by atoms with Gasteiger partial charge in [0.2, 0.25) is 11.8 Å². The number of hydrogen-bond donors (Lipinski definition) is 1. The fraction of sp³-hybridized carbons (Fsp3) is 0.583. The third-order valence-corrected chi connectivity index (χ3v) is 7.13. The maximum atomic E-state index is 13.1. The van der Waals surface area contributed by atoms with E-state index in [0.29, 0.717) is 5.69 Å². The molecule has 3 fully saturated rings. The van der Waals surface area contributed by atoms with Gasteiger partial charge in [-0.3, -0.25) is 19.3 Å². The quantitative estimate of drug-likeness (QED) is 0.558. The zero-order chi connectivity index (χ0) is 22.4. The molecule has 1 N–H and O–H groups in total. The summed E-state index contributed by atoms with van der Waals surface area (Å²) in [5.74, 6) is -2.01. The van der Waals surface area contributed by atoms with Gasteiger partial charge in [0, 0.05) is 5.69 Å². The number of rotatable bonds is 6. The highest BCUT2D eigenvalue weighted by Gasteiger charge is 2.62. The second kappa shape index (κ2) is 8.09. The van der Waals surface area contributed by atoms with E-state index in [9.17, 15) is 19.2 Å². The van der Waals surface area contributed by atoms with E-state index < -0.39 is 24.5 Å². The Bertz CT molecular complexity index is 912. The van der Waals surface area contributed by atoms with Crippen LogP contribution in [0.3, 0.4) is 0 Å². The Kier molecular flexibility index (Phi) is 5.62. The minimum atomic E-state index is -1.00. The van der Waals surface area contributed by atoms with Crippen molar-refractivity contribution in [3.05, 3.63) is 29.3 Å². The summed E-state index contributed by atoms with van der Waals surface area (Å²) >= 11 is 0. The molecule has 2 saturated carbocycles. The lowest BCUT2D eigenvalue weighted by atomic mass is 9.81. The summed E-state index contributed by atoms with van der Waals surface area (Å²) in [7, 11) is 0. The van der Waals surface area contributed by atoms with Crippen LogP contribution in [0.25, 0.3) is 0 Å². The lowest BCUT2D eigenvalue weighted by Crippen LogP contribution is -2.50. The smallest absolute Gasteiger partial charge is 0.330 e. The predicted octanol–water partition coefficient (Wildman–Crippen LogP) is 2.84. The monoisotopic (exact) mass is 426 g/mol. The van der Waals surface area contributed by atoms with Gasteiger partial charge < -0.3 is 10.1 Å². The molecule has 7 heteroatoms. The first-order chi connectivity index (χ1) is 14.7. The van der Waals surface area contributed by atoms with Gasteiger partial charge in [0.1, 0.15) is 6.04 Å². The van der Waals surface area contributed by atoms with E-state index in [1.54, 1.807) is 13.8 Å². The molecule has 7 nitrogen and oxygen atoms in total. The number of carbonyl (C=O) groups is 4. The molecule has 1 aliphatic heterocycles. The van der Waals surface area contributed by atoms with Crippen LogP contribution in [0, 0.1) is 43.4 Å². The molecule has 2 aliphatic carbocycles. The Morgan fingerprint density at radius 2 is 1.71 bits per heavy atom. The zero-order valence-corrected chi connectivity index (χ0v) is 18.5. The van der Waals surface area contributed by atoms with E-state index in [4.69, 9.17) is 4.74 Å². The summed E-state index contributed by atoms with van der Waals surface area (Å²) in [5, 5.41) is 2.75. The summed E-state index contributed by atoms with van der Waals surface area (Å²) < 4.78 is 5.27. The van der Waals surface area contributed by atoms with Gasteiger partial charge in [0.15, 0.2) is 6.61 Å². The number of likely N-dealkylation sites (tertiary alicyclic amines) is 1. The third-order valence-electron chi connectivity index (χ3n) is 7.13. The van der Waals surface area contributed by atoms with E-state index in [-0.39, 0.29) is 41.4 Å². The summed E-state index contributed by atoms with van der Waals surface area (Å²) in [4.78, 5) is 52.6. The Morgan fingerprint density at radius 1 is 1.10 bits per heavy atom. The molecule has 166 valence electrons. The lowest BCUT2D eigenvalue weighted by Gasteiger charge is -2.28. The number of amides is 3. The Morgan fingerprint density at radius 3 is 2.29 bits per heavy atom. The summed E-state index contributed by atoms with van der Waals surface area (Å²) in [6, 6.07) is 4.70. The van der Waals surface area contributed by atoms with Gasteiger partial charge in [0.05, 0.1) is 11.8 Å². The molecule has 2 bridgehead atoms. The molecule has 1 aromatic rings. The number of nitrogens with one attached hydrogen (secondary N) is 1. The molecule has 1 heterocycles. The van der Waals surface area contributed by atoms with Gasteiger partial charge in [-0.05, 0) is 68.1 Å². The van der Waals surface area contributed by atoms with Crippen LogP contribution in [0.4, 0.5) is 5.69 Å². The number of aryl methyl sites for hydroxylation is 2. The van der Waals surface area contributed by atoms with Crippen LogP contribution in [-0.4, -0.2) is 41.2 Å². The van der Waals surface area contributed by atoms with Crippen molar-refractivity contribution >= 4 is 29.4 Å². The predicted molar refractivity (Wildman–Crippen MR) is 114 cm³/mol. The normalized spacial score (nSPS) is 27.6. The summed E-state index contributed by atoms with van der Waals surface area (Å²) in [6.45, 7) is 6.90. The lowest BCUT2D eigenvalue weighted by molar-refractivity contribution is -0.162. The van der Waals surface area contributed by atoms with Crippen LogP contribution in [0.15, 0.2) is 18.2 Å². The summed E-state index contributed by atoms with van der Waals surface area (Å²) in [5.41, 5.74) is 2.57. The van der Waals surface area contributed by atoms with Crippen molar-refractivity contribution in [2.24, 2.45) is 29.6 Å². The number of carbonyl (C=O) groups excluding carboxylic acids is 4. The fourth-order valence-corrected chi connectivity index (χ4v) is 5.66. The van der Waals surface area contributed by atoms with E-state index in [2.05, 4.69) is 5.32 Å². The van der Waals surface area contributed by atoms with Crippen molar-refractivity contribution in [2.75, 3.05) is 11.9 Å². The van der Waals surface area contributed by atoms with E-state index in [1.807, 2.05) is 32.0 Å². The molecule has 0 aromatic heterocycles. The average Bonchev–Trinajstić information content (AvgIpc) is 3.39. The first-order valence-corrected chi connectivity index (χ1v) is 11.1. The highest BCUT2D eigenvalue weighted by molar-refractivity contribution is 6.08. The number of ether oxygens (including phenoxy) is 1. The number of fused-ring (bicyclic) bond motifs is 5. The van der Waals surface area contributed by atoms with Crippen molar-refractivity contribution < 1.29 is 23.9 Å². The van der Waals surface area contributed by atoms with Crippen LogP contribution in [-0.2, 0) is 23.9 Å². The van der Waals surface area contributed by atoms with Crippen molar-refractivity contribution in [1.82, 2.24) is 4.90 Å². The first kappa shape index (κ1) is 21.5. The minimum Gasteiger partial charge on any atom is -0.454 e. The van der Waals surface area contributed by atoms with Crippen molar-refractivity contribution in [3.63, 3.8) is 0 Å². The molecular formula is C24H30N2O5. The molecule has 0 radical (unpaired) electrons. The average molecular weight is 427 g/mol. The molecule has 4 rings (SSSR count). The van der Waals surface area contributed by atoms with Crippen molar-refractivity contribution in [3.8, 4) is 0 Å². The van der Waals surface area contributed by atoms with Gasteiger partial charge in [0.25, 0.3) is 5.91 Å². The van der Waals surface area contributed by atoms with Crippen LogP contribution in [0.2, 0.25) is 0 Å². The Balaban J connectivity index is 1.42. The zero-order valence-electron chi connectivity index (χ0n) is 18.5. The van der Waals surface area contributed by atoms with Gasteiger partial charge in [-0.2, -0.15) is 0 Å². The number of esters is 1. The van der Waals surface area contributed by atoms with Gasteiger partial charge in [-0.1, -0.05) is 26.0 Å². The highest BCUT2D eigenvalue weighted by atomic mass is 16.5. The van der Waals surface area contributed by atoms with Crippen LogP contribution >= 0.6 is 0 Å². The second-order valence-corrected chi connectivity index (χ2v) is 9.59. The molecule has 5 atom stereocenters. The minimum absolute atomic E-state index is 0.238. The topological polar surface area (TPSA) is 92.8 Å². The molecule has 0 unspecified atom stereocenters. The maximum absolute atomic E-state index is 13.1. The Hall–Kier alpha value is -2.70. The van der Waals surface area contributed by atoms with Crippen molar-refractivity contribution in [1.29, 1.82) is 0 Å². The number of imide groups is 1. The molecule has 31 heavy (non-hydrogen) atoms. The number of anilines is 1. The molecule has 1 aromatic carbocycles. The van der Waals surface area contributed by atoms with Gasteiger partial charge >= 0.3 is 5.97 Å². The SMILES string of the molecule is Cc1ccc(C)c(NC(=O)COC(=O)[C@H](C(C)C)N2C(=O)[C@@H]3[C@H]4CC[C@@H](C4)[C@@H]3C2=O)c1. The molecule has 1 saturated heterocycles. The van der Waals surface area contributed by atoms with E-state index in [0.717, 1.165) is 35.3 Å². The molecular weight excluding hydrogens is 396 g/mol. The van der Waals surface area contributed by atoms with Gasteiger partial charge in [-0.15, -0.1) is 0 Å². The largest absolute Gasteiger partial charge is 0.454 e. The van der Waals surface area contributed by atoms with E-state index in [1.165, 1.54) is 0 Å². The molecule has 3 amide bonds. The third kappa shape index (κ3) is 3.75. The number of nitrogens with zero attached hydrogens (tertiary/aromatic N) is 1. The Labute approximate surface area is 182 Å². The molecule has 3 aliphatic rings. The standard InChI is InChI=1S/C24H30N2O5/c1-12(2)21(26-22(28)19-15-7-8-16(10-15)20(19)23(26)29)24(30)31-11-18(27)25-17-9-13(3)5-6-14(17)4/h5-6,9,12,15-16,19-21H,7-8,10-11H2,1-4H3,(H,25,27)/t15-,16-,19-,20+,21-/m0/s1. The van der Waals surface area contributed by atoms with Crippen LogP contribution in [0.5, 0.6) is 0 Å². The van der Waals surface area contributed by atoms with Crippen LogP contribution < -0.4 is 5.32 Å². The second-order valence-electron chi connectivity index (χ2n) is 9.59.